The average molecular weight is 325 g/mol. The van der Waals surface area contributed by atoms with E-state index < -0.39 is 10.0 Å². The lowest BCUT2D eigenvalue weighted by atomic mass is 10.1. The van der Waals surface area contributed by atoms with Crippen molar-refractivity contribution in [3.8, 4) is 0 Å². The van der Waals surface area contributed by atoms with E-state index in [0.29, 0.717) is 25.4 Å². The second-order valence-electron chi connectivity index (χ2n) is 4.42. The topological polar surface area (TPSA) is 59.5 Å². The van der Waals surface area contributed by atoms with Gasteiger partial charge in [0, 0.05) is 19.7 Å². The Morgan fingerprint density at radius 1 is 1.58 bits per heavy atom. The van der Waals surface area contributed by atoms with Crippen molar-refractivity contribution in [3.05, 3.63) is 10.2 Å². The Kier molecular flexibility index (Phi) is 4.84. The van der Waals surface area contributed by atoms with Gasteiger partial charge in [0.05, 0.1) is 11.8 Å². The lowest BCUT2D eigenvalue weighted by molar-refractivity contribution is 0.0265. The smallest absolute Gasteiger partial charge is 0.254 e. The quantitative estimate of drug-likeness (QED) is 0.852. The molecule has 1 unspecified atom stereocenters. The first-order valence-corrected chi connectivity index (χ1v) is 8.83. The predicted molar refractivity (Wildman–Crippen MR) is 75.3 cm³/mol. The van der Waals surface area contributed by atoms with Crippen LogP contribution in [0.2, 0.25) is 4.47 Å². The summed E-state index contributed by atoms with van der Waals surface area (Å²) in [6.45, 7) is 5.12. The molecule has 0 bridgehead atoms. The van der Waals surface area contributed by atoms with Crippen LogP contribution in [0.5, 0.6) is 0 Å². The molecule has 1 aromatic rings. The fourth-order valence-corrected chi connectivity index (χ4v) is 5.59. The maximum absolute atomic E-state index is 12.6. The fourth-order valence-electron chi connectivity index (χ4n) is 2.20. The number of nitrogens with zero attached hydrogens (tertiary/aromatic N) is 2. The maximum Gasteiger partial charge on any atom is 0.254 e. The maximum atomic E-state index is 12.6. The minimum absolute atomic E-state index is 0.0165. The Morgan fingerprint density at radius 3 is 2.89 bits per heavy atom. The van der Waals surface area contributed by atoms with Crippen LogP contribution in [0.15, 0.2) is 4.21 Å². The van der Waals surface area contributed by atoms with Crippen LogP contribution in [0.4, 0.5) is 0 Å². The van der Waals surface area contributed by atoms with E-state index in [9.17, 15) is 8.42 Å². The zero-order valence-electron chi connectivity index (χ0n) is 10.9. The number of aromatic nitrogens is 1. The van der Waals surface area contributed by atoms with Gasteiger partial charge in [0.1, 0.15) is 0 Å². The van der Waals surface area contributed by atoms with Crippen molar-refractivity contribution >= 4 is 33.0 Å². The average Bonchev–Trinajstić information content (AvgIpc) is 2.70. The van der Waals surface area contributed by atoms with Crippen LogP contribution in [-0.4, -0.2) is 43.5 Å². The minimum Gasteiger partial charge on any atom is -0.377 e. The highest BCUT2D eigenvalue weighted by Crippen LogP contribution is 2.31. The van der Waals surface area contributed by atoms with E-state index in [2.05, 4.69) is 4.98 Å². The third-order valence-electron chi connectivity index (χ3n) is 3.05. The van der Waals surface area contributed by atoms with Crippen molar-refractivity contribution in [2.45, 2.75) is 37.0 Å². The summed E-state index contributed by atoms with van der Waals surface area (Å²) in [4.78, 5) is 3.97. The van der Waals surface area contributed by atoms with Crippen molar-refractivity contribution in [2.75, 3.05) is 19.7 Å². The van der Waals surface area contributed by atoms with E-state index in [4.69, 9.17) is 16.3 Å². The third-order valence-corrected chi connectivity index (χ3v) is 6.76. The van der Waals surface area contributed by atoms with Crippen molar-refractivity contribution in [1.82, 2.24) is 9.29 Å². The van der Waals surface area contributed by atoms with Crippen molar-refractivity contribution in [2.24, 2.45) is 0 Å². The molecule has 0 saturated carbocycles. The monoisotopic (exact) mass is 324 g/mol. The fraction of sp³-hybridized carbons (Fsp3) is 0.727. The molecule has 1 aromatic heterocycles. The summed E-state index contributed by atoms with van der Waals surface area (Å²) < 4.78 is 32.6. The second kappa shape index (κ2) is 6.05. The summed E-state index contributed by atoms with van der Waals surface area (Å²) in [5, 5.41) is 0. The summed E-state index contributed by atoms with van der Waals surface area (Å²) in [5.74, 6) is 0. The predicted octanol–water partition coefficient (Wildman–Crippen LogP) is 2.29. The van der Waals surface area contributed by atoms with Crippen molar-refractivity contribution in [3.63, 3.8) is 0 Å². The lowest BCUT2D eigenvalue weighted by Crippen LogP contribution is -2.43. The van der Waals surface area contributed by atoms with Gasteiger partial charge in [0.15, 0.2) is 8.68 Å². The van der Waals surface area contributed by atoms with Gasteiger partial charge in [0.25, 0.3) is 10.0 Å². The molecule has 1 saturated heterocycles. The number of thiazole rings is 1. The number of ether oxygens (including phenoxy) is 1. The Morgan fingerprint density at radius 2 is 2.32 bits per heavy atom. The van der Waals surface area contributed by atoms with E-state index >= 15 is 0 Å². The molecule has 8 heteroatoms. The Balaban J connectivity index is 2.22. The number of piperidine rings is 1. The lowest BCUT2D eigenvalue weighted by Gasteiger charge is -2.31. The van der Waals surface area contributed by atoms with Crippen LogP contribution >= 0.6 is 22.9 Å². The highest BCUT2D eigenvalue weighted by atomic mass is 35.5. The van der Waals surface area contributed by atoms with Gasteiger partial charge in [-0.05, 0) is 26.7 Å². The highest BCUT2D eigenvalue weighted by Gasteiger charge is 2.33. The molecule has 0 aliphatic carbocycles. The van der Waals surface area contributed by atoms with Crippen molar-refractivity contribution in [1.29, 1.82) is 0 Å². The van der Waals surface area contributed by atoms with Crippen LogP contribution in [0.3, 0.4) is 0 Å². The van der Waals surface area contributed by atoms with Gasteiger partial charge in [-0.3, -0.25) is 0 Å². The molecule has 0 radical (unpaired) electrons. The first-order valence-electron chi connectivity index (χ1n) is 6.19. The second-order valence-corrected chi connectivity index (χ2v) is 8.14. The molecule has 2 rings (SSSR count). The molecular weight excluding hydrogens is 308 g/mol. The van der Waals surface area contributed by atoms with Crippen molar-refractivity contribution < 1.29 is 13.2 Å². The van der Waals surface area contributed by atoms with Crippen LogP contribution < -0.4 is 0 Å². The number of sulfonamides is 1. The standard InChI is InChI=1S/C11H17ClN2O3S2/c1-3-17-9-5-4-6-14(7-9)19(15,16)10-8(2)13-11(12)18-10/h9H,3-7H2,1-2H3. The minimum atomic E-state index is -3.50. The molecular formula is C11H17ClN2O3S2. The Hall–Kier alpha value is -0.210. The molecule has 1 aliphatic rings. The van der Waals surface area contributed by atoms with E-state index in [0.717, 1.165) is 24.2 Å². The molecule has 5 nitrogen and oxygen atoms in total. The number of hydrogen-bond donors (Lipinski definition) is 0. The first kappa shape index (κ1) is 15.2. The molecule has 0 spiro atoms. The first-order chi connectivity index (χ1) is 8.95. The van der Waals surface area contributed by atoms with E-state index in [1.165, 1.54) is 4.31 Å². The molecule has 19 heavy (non-hydrogen) atoms. The molecule has 0 amide bonds. The van der Waals surface area contributed by atoms with Gasteiger partial charge in [-0.1, -0.05) is 22.9 Å². The number of hydrogen-bond acceptors (Lipinski definition) is 5. The van der Waals surface area contributed by atoms with Crippen LogP contribution in [-0.2, 0) is 14.8 Å². The van der Waals surface area contributed by atoms with Gasteiger partial charge in [-0.2, -0.15) is 4.31 Å². The molecule has 0 N–H and O–H groups in total. The summed E-state index contributed by atoms with van der Waals surface area (Å²) in [6.07, 6.45) is 1.70. The normalized spacial score (nSPS) is 21.7. The van der Waals surface area contributed by atoms with E-state index in [1.807, 2.05) is 6.92 Å². The summed E-state index contributed by atoms with van der Waals surface area (Å²) >= 11 is 6.80. The summed E-state index contributed by atoms with van der Waals surface area (Å²) in [6, 6.07) is 0. The van der Waals surface area contributed by atoms with Gasteiger partial charge in [-0.25, -0.2) is 13.4 Å². The highest BCUT2D eigenvalue weighted by molar-refractivity contribution is 7.91. The zero-order valence-corrected chi connectivity index (χ0v) is 13.3. The van der Waals surface area contributed by atoms with Gasteiger partial charge < -0.3 is 4.74 Å². The molecule has 2 heterocycles. The van der Waals surface area contributed by atoms with Gasteiger partial charge >= 0.3 is 0 Å². The Bertz CT molecular complexity index is 542. The van der Waals surface area contributed by atoms with E-state index in [-0.39, 0.29) is 14.8 Å². The van der Waals surface area contributed by atoms with Crippen LogP contribution in [0.25, 0.3) is 0 Å². The Labute approximate surface area is 122 Å². The molecule has 108 valence electrons. The SMILES string of the molecule is CCOC1CCCN(S(=O)(=O)c2sc(Cl)nc2C)C1. The van der Waals surface area contributed by atoms with Gasteiger partial charge in [-0.15, -0.1) is 0 Å². The number of rotatable bonds is 4. The summed E-state index contributed by atoms with van der Waals surface area (Å²) in [5.41, 5.74) is 0.466. The van der Waals surface area contributed by atoms with Gasteiger partial charge in [0.2, 0.25) is 0 Å². The number of halogens is 1. The number of aryl methyl sites for hydroxylation is 1. The third kappa shape index (κ3) is 3.28. The molecule has 1 atom stereocenters. The van der Waals surface area contributed by atoms with E-state index in [1.54, 1.807) is 6.92 Å². The molecule has 1 aliphatic heterocycles. The van der Waals surface area contributed by atoms with Crippen LogP contribution in [0, 0.1) is 6.92 Å². The zero-order chi connectivity index (χ0) is 14.0. The molecule has 1 fully saturated rings. The molecule has 0 aromatic carbocycles. The largest absolute Gasteiger partial charge is 0.377 e. The van der Waals surface area contributed by atoms with Crippen LogP contribution in [0.1, 0.15) is 25.5 Å². The summed E-state index contributed by atoms with van der Waals surface area (Å²) in [7, 11) is -3.50.